The standard InChI is InChI=1S/C12H22N2O/c1-4-11-12(5-1)15-8-7-14(11)10-3-2-6-13-9-10/h10-13H,1-9H2. The molecule has 15 heavy (non-hydrogen) atoms. The molecule has 1 aliphatic carbocycles. The third kappa shape index (κ3) is 1.93. The Labute approximate surface area is 92.2 Å². The van der Waals surface area contributed by atoms with E-state index in [1.54, 1.807) is 0 Å². The van der Waals surface area contributed by atoms with E-state index in [9.17, 15) is 0 Å². The summed E-state index contributed by atoms with van der Waals surface area (Å²) in [5.74, 6) is 0. The van der Waals surface area contributed by atoms with E-state index in [0.717, 1.165) is 25.2 Å². The first-order chi connectivity index (χ1) is 7.45. The molecule has 3 aliphatic rings. The average Bonchev–Trinajstić information content (AvgIpc) is 2.78. The van der Waals surface area contributed by atoms with Crippen LogP contribution in [0.4, 0.5) is 0 Å². The Morgan fingerprint density at radius 1 is 1.13 bits per heavy atom. The van der Waals surface area contributed by atoms with Gasteiger partial charge >= 0.3 is 0 Å². The molecule has 3 nitrogen and oxygen atoms in total. The van der Waals surface area contributed by atoms with Crippen LogP contribution in [-0.4, -0.2) is 49.3 Å². The van der Waals surface area contributed by atoms with Crippen LogP contribution in [0, 0.1) is 0 Å². The molecule has 3 unspecified atom stereocenters. The zero-order valence-corrected chi connectivity index (χ0v) is 9.45. The van der Waals surface area contributed by atoms with Crippen molar-refractivity contribution in [2.24, 2.45) is 0 Å². The predicted molar refractivity (Wildman–Crippen MR) is 60.0 cm³/mol. The average molecular weight is 210 g/mol. The second-order valence-corrected chi connectivity index (χ2v) is 5.15. The van der Waals surface area contributed by atoms with Crippen LogP contribution < -0.4 is 5.32 Å². The van der Waals surface area contributed by atoms with Crippen LogP contribution in [-0.2, 0) is 4.74 Å². The summed E-state index contributed by atoms with van der Waals surface area (Å²) < 4.78 is 5.86. The molecule has 2 saturated heterocycles. The molecule has 0 bridgehead atoms. The Balaban J connectivity index is 1.67. The van der Waals surface area contributed by atoms with Gasteiger partial charge < -0.3 is 10.1 Å². The van der Waals surface area contributed by atoms with Crippen molar-refractivity contribution >= 4 is 0 Å². The molecule has 0 amide bonds. The minimum atomic E-state index is 0.556. The SMILES string of the molecule is C1CNCC(N2CCOC3CCCC32)C1. The number of fused-ring (bicyclic) bond motifs is 1. The van der Waals surface area contributed by atoms with Crippen LogP contribution in [0.3, 0.4) is 0 Å². The molecule has 3 fully saturated rings. The first-order valence-electron chi connectivity index (χ1n) is 6.53. The first kappa shape index (κ1) is 10.1. The molecule has 1 saturated carbocycles. The van der Waals surface area contributed by atoms with Gasteiger partial charge in [0, 0.05) is 25.2 Å². The fourth-order valence-electron chi connectivity index (χ4n) is 3.53. The molecule has 0 aromatic carbocycles. The highest BCUT2D eigenvalue weighted by Gasteiger charge is 2.39. The summed E-state index contributed by atoms with van der Waals surface area (Å²) in [5, 5.41) is 3.53. The Kier molecular flexibility index (Phi) is 2.95. The molecule has 2 aliphatic heterocycles. The van der Waals surface area contributed by atoms with Crippen LogP contribution in [0.1, 0.15) is 32.1 Å². The molecule has 3 rings (SSSR count). The van der Waals surface area contributed by atoms with Crippen molar-refractivity contribution in [2.75, 3.05) is 26.2 Å². The van der Waals surface area contributed by atoms with E-state index in [-0.39, 0.29) is 0 Å². The van der Waals surface area contributed by atoms with Gasteiger partial charge in [-0.3, -0.25) is 4.90 Å². The lowest BCUT2D eigenvalue weighted by Gasteiger charge is -2.44. The number of nitrogens with zero attached hydrogens (tertiary/aromatic N) is 1. The molecule has 0 spiro atoms. The van der Waals surface area contributed by atoms with Crippen molar-refractivity contribution in [1.82, 2.24) is 10.2 Å². The van der Waals surface area contributed by atoms with Crippen molar-refractivity contribution < 1.29 is 4.74 Å². The number of piperidine rings is 1. The quantitative estimate of drug-likeness (QED) is 0.698. The van der Waals surface area contributed by atoms with Gasteiger partial charge in [-0.15, -0.1) is 0 Å². The van der Waals surface area contributed by atoms with E-state index in [4.69, 9.17) is 4.74 Å². The highest BCUT2D eigenvalue weighted by atomic mass is 16.5. The maximum atomic E-state index is 5.86. The van der Waals surface area contributed by atoms with Crippen LogP contribution in [0.5, 0.6) is 0 Å². The van der Waals surface area contributed by atoms with Gasteiger partial charge in [0.2, 0.25) is 0 Å². The lowest BCUT2D eigenvalue weighted by atomic mass is 10.0. The van der Waals surface area contributed by atoms with Crippen LogP contribution >= 0.6 is 0 Å². The van der Waals surface area contributed by atoms with E-state index in [1.165, 1.54) is 45.2 Å². The minimum Gasteiger partial charge on any atom is -0.375 e. The molecule has 0 radical (unpaired) electrons. The second kappa shape index (κ2) is 4.40. The maximum Gasteiger partial charge on any atom is 0.0731 e. The Hall–Kier alpha value is -0.120. The van der Waals surface area contributed by atoms with Gasteiger partial charge in [0.1, 0.15) is 0 Å². The summed E-state index contributed by atoms with van der Waals surface area (Å²) in [6, 6.07) is 1.52. The second-order valence-electron chi connectivity index (χ2n) is 5.15. The van der Waals surface area contributed by atoms with Crippen molar-refractivity contribution in [3.63, 3.8) is 0 Å². The number of hydrogen-bond acceptors (Lipinski definition) is 3. The van der Waals surface area contributed by atoms with E-state index in [1.807, 2.05) is 0 Å². The highest BCUT2D eigenvalue weighted by molar-refractivity contribution is 4.93. The van der Waals surface area contributed by atoms with E-state index < -0.39 is 0 Å². The number of morpholine rings is 1. The van der Waals surface area contributed by atoms with Gasteiger partial charge in [-0.1, -0.05) is 0 Å². The minimum absolute atomic E-state index is 0.556. The molecule has 86 valence electrons. The molecule has 0 aromatic rings. The smallest absolute Gasteiger partial charge is 0.0731 e. The van der Waals surface area contributed by atoms with Crippen molar-refractivity contribution in [2.45, 2.75) is 50.3 Å². The topological polar surface area (TPSA) is 24.5 Å². The van der Waals surface area contributed by atoms with Crippen molar-refractivity contribution in [3.8, 4) is 0 Å². The zero-order chi connectivity index (χ0) is 10.1. The molecular formula is C12H22N2O. The summed E-state index contributed by atoms with van der Waals surface area (Å²) in [6.45, 7) is 4.53. The molecule has 2 heterocycles. The van der Waals surface area contributed by atoms with Crippen LogP contribution in [0.15, 0.2) is 0 Å². The van der Waals surface area contributed by atoms with E-state index >= 15 is 0 Å². The zero-order valence-electron chi connectivity index (χ0n) is 9.45. The Morgan fingerprint density at radius 2 is 2.13 bits per heavy atom. The van der Waals surface area contributed by atoms with Gasteiger partial charge in [0.25, 0.3) is 0 Å². The van der Waals surface area contributed by atoms with Crippen LogP contribution in [0.25, 0.3) is 0 Å². The lowest BCUT2D eigenvalue weighted by molar-refractivity contribution is -0.0743. The van der Waals surface area contributed by atoms with Gasteiger partial charge in [0.05, 0.1) is 12.7 Å². The first-order valence-corrected chi connectivity index (χ1v) is 6.53. The molecule has 1 N–H and O–H groups in total. The summed E-state index contributed by atoms with van der Waals surface area (Å²) >= 11 is 0. The third-order valence-corrected chi connectivity index (χ3v) is 4.26. The number of rotatable bonds is 1. The number of ether oxygens (including phenoxy) is 1. The Bertz CT molecular complexity index is 216. The fourth-order valence-corrected chi connectivity index (χ4v) is 3.53. The monoisotopic (exact) mass is 210 g/mol. The number of hydrogen-bond donors (Lipinski definition) is 1. The normalized spacial score (nSPS) is 42.8. The highest BCUT2D eigenvalue weighted by Crippen LogP contribution is 2.31. The van der Waals surface area contributed by atoms with E-state index in [2.05, 4.69) is 10.2 Å². The van der Waals surface area contributed by atoms with Gasteiger partial charge in [0.15, 0.2) is 0 Å². The van der Waals surface area contributed by atoms with Crippen LogP contribution in [0.2, 0.25) is 0 Å². The maximum absolute atomic E-state index is 5.86. The molecule has 0 aromatic heterocycles. The van der Waals surface area contributed by atoms with Gasteiger partial charge in [-0.05, 0) is 38.6 Å². The van der Waals surface area contributed by atoms with Gasteiger partial charge in [-0.25, -0.2) is 0 Å². The molecule has 3 atom stereocenters. The van der Waals surface area contributed by atoms with E-state index in [0.29, 0.717) is 6.10 Å². The largest absolute Gasteiger partial charge is 0.375 e. The number of nitrogens with one attached hydrogen (secondary N) is 1. The molecular weight excluding hydrogens is 188 g/mol. The van der Waals surface area contributed by atoms with Crippen molar-refractivity contribution in [3.05, 3.63) is 0 Å². The Morgan fingerprint density at radius 3 is 3.00 bits per heavy atom. The summed E-state index contributed by atoms with van der Waals surface area (Å²) in [6.07, 6.45) is 7.31. The predicted octanol–water partition coefficient (Wildman–Crippen LogP) is 0.992. The van der Waals surface area contributed by atoms with Gasteiger partial charge in [-0.2, -0.15) is 0 Å². The summed E-state index contributed by atoms with van der Waals surface area (Å²) in [5.41, 5.74) is 0. The van der Waals surface area contributed by atoms with Crippen molar-refractivity contribution in [1.29, 1.82) is 0 Å². The summed E-state index contributed by atoms with van der Waals surface area (Å²) in [4.78, 5) is 2.74. The third-order valence-electron chi connectivity index (χ3n) is 4.26. The summed E-state index contributed by atoms with van der Waals surface area (Å²) in [7, 11) is 0. The lowest BCUT2D eigenvalue weighted by Crippen LogP contribution is -2.56. The molecule has 3 heteroatoms. The fraction of sp³-hybridized carbons (Fsp3) is 1.00.